The number of hydrogen-bond acceptors (Lipinski definition) is 2. The van der Waals surface area contributed by atoms with Gasteiger partial charge in [-0.15, -0.1) is 0 Å². The molecule has 0 radical (unpaired) electrons. The number of aromatic nitrogens is 2. The standard InChI is InChI=1S/C12H21N3/c1-10(2)15-8-5-11(14-15)9-12(13)6-3-4-7-12/h5,8,10H,3-4,6-7,9,13H2,1-2H3. The zero-order chi connectivity index (χ0) is 10.9. The Morgan fingerprint density at radius 1 is 1.47 bits per heavy atom. The van der Waals surface area contributed by atoms with E-state index >= 15 is 0 Å². The van der Waals surface area contributed by atoms with Crippen molar-refractivity contribution in [3.63, 3.8) is 0 Å². The maximum absolute atomic E-state index is 6.33. The van der Waals surface area contributed by atoms with E-state index < -0.39 is 0 Å². The second kappa shape index (κ2) is 3.97. The highest BCUT2D eigenvalue weighted by Gasteiger charge is 2.30. The molecule has 1 saturated carbocycles. The molecule has 0 bridgehead atoms. The lowest BCUT2D eigenvalue weighted by Crippen LogP contribution is -2.38. The molecule has 84 valence electrons. The first-order valence-electron chi connectivity index (χ1n) is 5.92. The molecular formula is C12H21N3. The van der Waals surface area contributed by atoms with Gasteiger partial charge < -0.3 is 5.73 Å². The Hall–Kier alpha value is -0.830. The summed E-state index contributed by atoms with van der Waals surface area (Å²) in [7, 11) is 0. The van der Waals surface area contributed by atoms with Gasteiger partial charge in [0.25, 0.3) is 0 Å². The third-order valence-corrected chi connectivity index (χ3v) is 3.33. The van der Waals surface area contributed by atoms with Crippen molar-refractivity contribution in [3.05, 3.63) is 18.0 Å². The number of hydrogen-bond donors (Lipinski definition) is 1. The van der Waals surface area contributed by atoms with Gasteiger partial charge in [0.2, 0.25) is 0 Å². The molecule has 0 aliphatic heterocycles. The fourth-order valence-corrected chi connectivity index (χ4v) is 2.38. The van der Waals surface area contributed by atoms with Crippen molar-refractivity contribution in [2.24, 2.45) is 5.73 Å². The molecule has 1 aliphatic carbocycles. The minimum absolute atomic E-state index is 0.0240. The molecule has 3 heteroatoms. The molecule has 0 aromatic carbocycles. The summed E-state index contributed by atoms with van der Waals surface area (Å²) in [5, 5.41) is 4.56. The minimum Gasteiger partial charge on any atom is -0.325 e. The highest BCUT2D eigenvalue weighted by atomic mass is 15.3. The molecule has 15 heavy (non-hydrogen) atoms. The first-order valence-corrected chi connectivity index (χ1v) is 5.92. The Morgan fingerprint density at radius 2 is 2.13 bits per heavy atom. The van der Waals surface area contributed by atoms with Crippen LogP contribution in [0.1, 0.15) is 51.3 Å². The topological polar surface area (TPSA) is 43.8 Å². The average Bonchev–Trinajstić information content (AvgIpc) is 2.75. The highest BCUT2D eigenvalue weighted by molar-refractivity contribution is 5.07. The third kappa shape index (κ3) is 2.40. The third-order valence-electron chi connectivity index (χ3n) is 3.33. The van der Waals surface area contributed by atoms with Crippen LogP contribution in [0.4, 0.5) is 0 Å². The molecule has 0 amide bonds. The molecule has 2 rings (SSSR count). The van der Waals surface area contributed by atoms with Crippen LogP contribution < -0.4 is 5.73 Å². The van der Waals surface area contributed by atoms with Gasteiger partial charge in [0, 0.05) is 24.2 Å². The van der Waals surface area contributed by atoms with Crippen molar-refractivity contribution >= 4 is 0 Å². The Bertz CT molecular complexity index is 321. The molecule has 1 aliphatic rings. The smallest absolute Gasteiger partial charge is 0.0643 e. The van der Waals surface area contributed by atoms with Crippen LogP contribution in [0.3, 0.4) is 0 Å². The van der Waals surface area contributed by atoms with Gasteiger partial charge in [-0.1, -0.05) is 12.8 Å². The molecule has 1 fully saturated rings. The Kier molecular flexibility index (Phi) is 2.83. The van der Waals surface area contributed by atoms with Gasteiger partial charge in [0.05, 0.1) is 5.69 Å². The van der Waals surface area contributed by atoms with Crippen LogP contribution in [0.5, 0.6) is 0 Å². The van der Waals surface area contributed by atoms with E-state index in [1.807, 2.05) is 4.68 Å². The van der Waals surface area contributed by atoms with E-state index in [4.69, 9.17) is 5.73 Å². The van der Waals surface area contributed by atoms with E-state index in [0.29, 0.717) is 6.04 Å². The Balaban J connectivity index is 2.04. The maximum Gasteiger partial charge on any atom is 0.0643 e. The summed E-state index contributed by atoms with van der Waals surface area (Å²) < 4.78 is 2.01. The van der Waals surface area contributed by atoms with E-state index in [1.54, 1.807) is 0 Å². The zero-order valence-corrected chi connectivity index (χ0v) is 9.74. The molecule has 0 unspecified atom stereocenters. The normalized spacial score (nSPS) is 20.0. The first kappa shape index (κ1) is 10.7. The van der Waals surface area contributed by atoms with Crippen LogP contribution in [0, 0.1) is 0 Å². The summed E-state index contributed by atoms with van der Waals surface area (Å²) in [5.41, 5.74) is 7.50. The largest absolute Gasteiger partial charge is 0.325 e. The Morgan fingerprint density at radius 3 is 2.67 bits per heavy atom. The van der Waals surface area contributed by atoms with E-state index in [2.05, 4.69) is 31.2 Å². The number of rotatable bonds is 3. The molecule has 1 aromatic heterocycles. The predicted molar refractivity (Wildman–Crippen MR) is 61.7 cm³/mol. The molecule has 0 spiro atoms. The maximum atomic E-state index is 6.33. The van der Waals surface area contributed by atoms with Crippen molar-refractivity contribution in [1.29, 1.82) is 0 Å². The first-order chi connectivity index (χ1) is 7.09. The average molecular weight is 207 g/mol. The lowest BCUT2D eigenvalue weighted by molar-refractivity contribution is 0.425. The zero-order valence-electron chi connectivity index (χ0n) is 9.74. The summed E-state index contributed by atoms with van der Waals surface area (Å²) in [6, 6.07) is 2.54. The quantitative estimate of drug-likeness (QED) is 0.826. The number of nitrogens with two attached hydrogens (primary N) is 1. The van der Waals surface area contributed by atoms with Crippen molar-refractivity contribution in [1.82, 2.24) is 9.78 Å². The predicted octanol–water partition coefficient (Wildman–Crippen LogP) is 2.28. The summed E-state index contributed by atoms with van der Waals surface area (Å²) in [6.45, 7) is 4.29. The summed E-state index contributed by atoms with van der Waals surface area (Å²) >= 11 is 0. The van der Waals surface area contributed by atoms with E-state index in [9.17, 15) is 0 Å². The van der Waals surface area contributed by atoms with Gasteiger partial charge in [0.15, 0.2) is 0 Å². The second-order valence-electron chi connectivity index (χ2n) is 5.13. The molecule has 1 aromatic rings. The van der Waals surface area contributed by atoms with E-state index in [-0.39, 0.29) is 5.54 Å². The Labute approximate surface area is 91.7 Å². The number of nitrogens with zero attached hydrogens (tertiary/aromatic N) is 2. The minimum atomic E-state index is 0.0240. The van der Waals surface area contributed by atoms with Crippen molar-refractivity contribution in [3.8, 4) is 0 Å². The van der Waals surface area contributed by atoms with Gasteiger partial charge in [0.1, 0.15) is 0 Å². The van der Waals surface area contributed by atoms with Crippen LogP contribution in [-0.2, 0) is 6.42 Å². The molecular weight excluding hydrogens is 186 g/mol. The lowest BCUT2D eigenvalue weighted by atomic mass is 9.93. The second-order valence-corrected chi connectivity index (χ2v) is 5.13. The van der Waals surface area contributed by atoms with Crippen LogP contribution in [0.25, 0.3) is 0 Å². The van der Waals surface area contributed by atoms with Gasteiger partial charge in [-0.05, 0) is 32.8 Å². The molecule has 1 heterocycles. The van der Waals surface area contributed by atoms with E-state index in [0.717, 1.165) is 25.0 Å². The van der Waals surface area contributed by atoms with Crippen LogP contribution in [0.2, 0.25) is 0 Å². The van der Waals surface area contributed by atoms with Gasteiger partial charge in [-0.25, -0.2) is 0 Å². The van der Waals surface area contributed by atoms with Crippen molar-refractivity contribution in [2.75, 3.05) is 0 Å². The van der Waals surface area contributed by atoms with Crippen molar-refractivity contribution < 1.29 is 0 Å². The lowest BCUT2D eigenvalue weighted by Gasteiger charge is -2.21. The van der Waals surface area contributed by atoms with Crippen molar-refractivity contribution in [2.45, 2.75) is 57.5 Å². The molecule has 0 atom stereocenters. The fourth-order valence-electron chi connectivity index (χ4n) is 2.38. The molecule has 0 saturated heterocycles. The molecule has 2 N–H and O–H groups in total. The highest BCUT2D eigenvalue weighted by Crippen LogP contribution is 2.29. The van der Waals surface area contributed by atoms with E-state index in [1.165, 1.54) is 12.8 Å². The monoisotopic (exact) mass is 207 g/mol. The summed E-state index contributed by atoms with van der Waals surface area (Å²) in [6.07, 6.45) is 7.86. The fraction of sp³-hybridized carbons (Fsp3) is 0.750. The van der Waals surface area contributed by atoms with Gasteiger partial charge >= 0.3 is 0 Å². The summed E-state index contributed by atoms with van der Waals surface area (Å²) in [5.74, 6) is 0. The van der Waals surface area contributed by atoms with Crippen LogP contribution >= 0.6 is 0 Å². The molecule has 3 nitrogen and oxygen atoms in total. The van der Waals surface area contributed by atoms with Gasteiger partial charge in [-0.3, -0.25) is 4.68 Å². The van der Waals surface area contributed by atoms with Crippen LogP contribution in [-0.4, -0.2) is 15.3 Å². The SMILES string of the molecule is CC(C)n1ccc(CC2(N)CCCC2)n1. The van der Waals surface area contributed by atoms with Gasteiger partial charge in [-0.2, -0.15) is 5.10 Å². The van der Waals surface area contributed by atoms with Crippen LogP contribution in [0.15, 0.2) is 12.3 Å². The summed E-state index contributed by atoms with van der Waals surface area (Å²) in [4.78, 5) is 0.